The topological polar surface area (TPSA) is 69.7 Å². The van der Waals surface area contributed by atoms with E-state index in [-0.39, 0.29) is 5.62 Å². The van der Waals surface area contributed by atoms with Crippen molar-refractivity contribution < 1.29 is 22.1 Å². The van der Waals surface area contributed by atoms with E-state index in [1.807, 2.05) is 36.4 Å². The zero-order chi connectivity index (χ0) is 17.1. The summed E-state index contributed by atoms with van der Waals surface area (Å²) in [7, 11) is -2.74. The molecule has 2 aromatic rings. The minimum Gasteiger partial charge on any atom is -0.357 e. The van der Waals surface area contributed by atoms with Crippen molar-refractivity contribution in [2.45, 2.75) is 0 Å². The molecular formula is C17H18O5S. The van der Waals surface area contributed by atoms with Gasteiger partial charge in [-0.05, 0) is 16.7 Å². The number of hydrogen-bond donors (Lipinski definition) is 0. The predicted molar refractivity (Wildman–Crippen MR) is 89.7 cm³/mol. The van der Waals surface area contributed by atoms with Crippen molar-refractivity contribution in [2.75, 3.05) is 13.9 Å². The molecule has 23 heavy (non-hydrogen) atoms. The fourth-order valence-electron chi connectivity index (χ4n) is 1.59. The molecule has 0 heterocycles. The van der Waals surface area contributed by atoms with Gasteiger partial charge in [0.2, 0.25) is 0 Å². The highest BCUT2D eigenvalue weighted by Gasteiger charge is 2.06. The Morgan fingerprint density at radius 2 is 1.43 bits per heavy atom. The summed E-state index contributed by atoms with van der Waals surface area (Å²) in [5, 5.41) is 0. The van der Waals surface area contributed by atoms with Gasteiger partial charge >= 0.3 is 10.1 Å². The SMILES string of the molecule is C=C(c1ccccc1)c1ccccc1.COCOS(=O)(=O)C=O. The second kappa shape index (κ2) is 9.68. The average molecular weight is 334 g/mol. The Bertz CT molecular complexity index is 668. The van der Waals surface area contributed by atoms with Gasteiger partial charge in [0.1, 0.15) is 0 Å². The van der Waals surface area contributed by atoms with Crippen LogP contribution in [0.15, 0.2) is 67.2 Å². The van der Waals surface area contributed by atoms with Crippen LogP contribution in [0.3, 0.4) is 0 Å². The fourth-order valence-corrected chi connectivity index (χ4v) is 1.87. The summed E-state index contributed by atoms with van der Waals surface area (Å²) >= 11 is 0. The third kappa shape index (κ3) is 7.01. The highest BCUT2D eigenvalue weighted by atomic mass is 32.2. The molecule has 0 amide bonds. The maximum absolute atomic E-state index is 10.1. The maximum atomic E-state index is 10.1. The average Bonchev–Trinajstić information content (AvgIpc) is 2.61. The summed E-state index contributed by atoms with van der Waals surface area (Å²) in [6, 6.07) is 20.5. The first kappa shape index (κ1) is 18.8. The lowest BCUT2D eigenvalue weighted by atomic mass is 10.0. The van der Waals surface area contributed by atoms with E-state index in [1.165, 1.54) is 18.2 Å². The van der Waals surface area contributed by atoms with Gasteiger partial charge in [-0.2, -0.15) is 8.42 Å². The second-order valence-corrected chi connectivity index (χ2v) is 5.74. The number of methoxy groups -OCH3 is 1. The maximum Gasteiger partial charge on any atom is 0.330 e. The van der Waals surface area contributed by atoms with E-state index >= 15 is 0 Å². The first-order valence-electron chi connectivity index (χ1n) is 6.63. The predicted octanol–water partition coefficient (Wildman–Crippen LogP) is 2.88. The lowest BCUT2D eigenvalue weighted by Crippen LogP contribution is -2.08. The molecule has 0 saturated carbocycles. The molecule has 0 aromatic heterocycles. The molecule has 0 fully saturated rings. The van der Waals surface area contributed by atoms with Crippen molar-refractivity contribution in [3.63, 3.8) is 0 Å². The smallest absolute Gasteiger partial charge is 0.330 e. The van der Waals surface area contributed by atoms with Crippen LogP contribution in [0.2, 0.25) is 0 Å². The standard InChI is InChI=1S/C14H12.C3H6O5S/c1-12(13-8-4-2-5-9-13)14-10-6-3-7-11-14;1-7-3-8-9(5,6)2-4/h2-11H,1H2;2H,3H2,1H3. The molecule has 122 valence electrons. The molecule has 0 bridgehead atoms. The van der Waals surface area contributed by atoms with E-state index in [9.17, 15) is 13.2 Å². The van der Waals surface area contributed by atoms with Gasteiger partial charge in [-0.15, -0.1) is 0 Å². The molecule has 0 radical (unpaired) electrons. The molecule has 0 aliphatic carbocycles. The Morgan fingerprint density at radius 3 is 1.78 bits per heavy atom. The Balaban J connectivity index is 0.000000257. The normalized spacial score (nSPS) is 10.3. The van der Waals surface area contributed by atoms with Crippen molar-refractivity contribution in [1.29, 1.82) is 0 Å². The number of hydrogen-bond acceptors (Lipinski definition) is 5. The van der Waals surface area contributed by atoms with Crippen molar-refractivity contribution in [1.82, 2.24) is 0 Å². The van der Waals surface area contributed by atoms with E-state index in [0.29, 0.717) is 0 Å². The molecule has 0 atom stereocenters. The van der Waals surface area contributed by atoms with Crippen LogP contribution >= 0.6 is 0 Å². The van der Waals surface area contributed by atoms with Crippen molar-refractivity contribution in [2.24, 2.45) is 0 Å². The monoisotopic (exact) mass is 334 g/mol. The van der Waals surface area contributed by atoms with Crippen molar-refractivity contribution in [3.8, 4) is 0 Å². The van der Waals surface area contributed by atoms with E-state index in [4.69, 9.17) is 0 Å². The fraction of sp³-hybridized carbons (Fsp3) is 0.118. The second-order valence-electron chi connectivity index (χ2n) is 4.32. The Labute approximate surface area is 136 Å². The van der Waals surface area contributed by atoms with Gasteiger partial charge in [0.15, 0.2) is 6.79 Å². The van der Waals surface area contributed by atoms with E-state index in [2.05, 4.69) is 39.8 Å². The van der Waals surface area contributed by atoms with Crippen molar-refractivity contribution in [3.05, 3.63) is 78.4 Å². The summed E-state index contributed by atoms with van der Waals surface area (Å²) in [5.74, 6) is 0. The van der Waals surface area contributed by atoms with Crippen LogP contribution in [0.4, 0.5) is 0 Å². The van der Waals surface area contributed by atoms with Gasteiger partial charge in [0.25, 0.3) is 5.62 Å². The summed E-state index contributed by atoms with van der Waals surface area (Å²) in [4.78, 5) is 9.56. The molecule has 0 saturated heterocycles. The van der Waals surface area contributed by atoms with Crippen LogP contribution in [0.5, 0.6) is 0 Å². The summed E-state index contributed by atoms with van der Waals surface area (Å²) < 4.78 is 28.3. The summed E-state index contributed by atoms with van der Waals surface area (Å²) in [6.45, 7) is 3.67. The number of benzene rings is 2. The first-order chi connectivity index (χ1) is 11.0. The summed E-state index contributed by atoms with van der Waals surface area (Å²) in [6.07, 6.45) is 0. The molecule has 2 rings (SSSR count). The zero-order valence-corrected chi connectivity index (χ0v) is 13.5. The van der Waals surface area contributed by atoms with Gasteiger partial charge in [-0.1, -0.05) is 67.2 Å². The summed E-state index contributed by atoms with van der Waals surface area (Å²) in [5.41, 5.74) is 3.15. The van der Waals surface area contributed by atoms with Crippen molar-refractivity contribution >= 4 is 21.3 Å². The quantitative estimate of drug-likeness (QED) is 0.461. The molecule has 2 aromatic carbocycles. The van der Waals surface area contributed by atoms with Gasteiger partial charge < -0.3 is 4.74 Å². The van der Waals surface area contributed by atoms with Crippen LogP contribution in [0.1, 0.15) is 11.1 Å². The van der Waals surface area contributed by atoms with Crippen LogP contribution in [-0.2, 0) is 23.8 Å². The molecule has 5 nitrogen and oxygen atoms in total. The number of rotatable bonds is 6. The minimum atomic E-state index is -3.99. The Kier molecular flexibility index (Phi) is 7.90. The highest BCUT2D eigenvalue weighted by molar-refractivity contribution is 8.00. The van der Waals surface area contributed by atoms with Crippen LogP contribution < -0.4 is 0 Å². The molecule has 0 spiro atoms. The van der Waals surface area contributed by atoms with Crippen LogP contribution in [-0.4, -0.2) is 27.9 Å². The van der Waals surface area contributed by atoms with E-state index in [0.717, 1.165) is 5.57 Å². The number of carbonyl (C=O) groups excluding carboxylic acids is 1. The molecule has 6 heteroatoms. The molecule has 0 aliphatic rings. The highest BCUT2D eigenvalue weighted by Crippen LogP contribution is 2.20. The third-order valence-electron chi connectivity index (χ3n) is 2.69. The lowest BCUT2D eigenvalue weighted by molar-refractivity contribution is 0.0579. The zero-order valence-electron chi connectivity index (χ0n) is 12.7. The van der Waals surface area contributed by atoms with E-state index in [1.54, 1.807) is 0 Å². The van der Waals surface area contributed by atoms with Gasteiger partial charge in [0.05, 0.1) is 0 Å². The molecule has 0 aliphatic heterocycles. The Morgan fingerprint density at radius 1 is 1.00 bits per heavy atom. The number of carbonyl (C=O) groups is 1. The molecule has 0 unspecified atom stereocenters. The molecule has 0 N–H and O–H groups in total. The first-order valence-corrected chi connectivity index (χ1v) is 8.10. The lowest BCUT2D eigenvalue weighted by Gasteiger charge is -2.04. The largest absolute Gasteiger partial charge is 0.357 e. The van der Waals surface area contributed by atoms with Gasteiger partial charge in [-0.3, -0.25) is 4.79 Å². The third-order valence-corrected chi connectivity index (χ3v) is 3.35. The number of ether oxygens (including phenoxy) is 1. The van der Waals surface area contributed by atoms with Gasteiger partial charge in [0, 0.05) is 7.11 Å². The van der Waals surface area contributed by atoms with Gasteiger partial charge in [-0.25, -0.2) is 4.18 Å². The van der Waals surface area contributed by atoms with Crippen LogP contribution in [0, 0.1) is 0 Å². The molecular weight excluding hydrogens is 316 g/mol. The van der Waals surface area contributed by atoms with E-state index < -0.39 is 16.9 Å². The van der Waals surface area contributed by atoms with Crippen LogP contribution in [0.25, 0.3) is 5.57 Å². The Hall–Kier alpha value is -2.28. The minimum absolute atomic E-state index is 0.286.